The van der Waals surface area contributed by atoms with Crippen molar-refractivity contribution in [2.75, 3.05) is 43.1 Å². The number of hydroxylamine groups is 1. The number of benzene rings is 3. The van der Waals surface area contributed by atoms with Crippen molar-refractivity contribution in [2.45, 2.75) is 23.9 Å². The molecule has 0 spiro atoms. The molecule has 1 aromatic heterocycles. The van der Waals surface area contributed by atoms with Crippen molar-refractivity contribution in [3.63, 3.8) is 0 Å². The lowest BCUT2D eigenvalue weighted by Gasteiger charge is -2.36. The van der Waals surface area contributed by atoms with Gasteiger partial charge in [-0.15, -0.1) is 11.3 Å². The van der Waals surface area contributed by atoms with E-state index in [0.29, 0.717) is 28.8 Å². The van der Waals surface area contributed by atoms with Gasteiger partial charge in [0, 0.05) is 48.7 Å². The van der Waals surface area contributed by atoms with E-state index in [9.17, 15) is 31.2 Å². The molecule has 0 bridgehead atoms. The molecular formula is C31H29F3N4O6S2. The van der Waals surface area contributed by atoms with Crippen molar-refractivity contribution in [2.24, 2.45) is 0 Å². The normalized spacial score (nSPS) is 13.7. The topological polar surface area (TPSA) is 109 Å². The molecule has 3 aromatic carbocycles. The van der Waals surface area contributed by atoms with Crippen molar-refractivity contribution >= 4 is 44.1 Å². The number of amides is 1. The molecule has 0 radical (unpaired) electrons. The molecule has 10 nitrogen and oxygen atoms in total. The summed E-state index contributed by atoms with van der Waals surface area (Å²) in [7, 11) is -3.35. The number of rotatable bonds is 9. The molecule has 242 valence electrons. The monoisotopic (exact) mass is 674 g/mol. The number of nitrogens with zero attached hydrogens (tertiary/aromatic N) is 4. The molecule has 0 saturated carbocycles. The number of carbonyl (C=O) groups is 2. The number of carbonyl (C=O) groups excluding carboxylic acids is 2. The molecule has 0 aliphatic carbocycles. The Morgan fingerprint density at radius 1 is 0.891 bits per heavy atom. The molecule has 15 heteroatoms. The number of thiazole rings is 1. The van der Waals surface area contributed by atoms with Gasteiger partial charge in [0.05, 0.1) is 17.7 Å². The van der Waals surface area contributed by atoms with Crippen LogP contribution in [0.3, 0.4) is 0 Å². The Hall–Kier alpha value is -4.63. The van der Waals surface area contributed by atoms with Crippen LogP contribution in [0.2, 0.25) is 0 Å². The maximum Gasteiger partial charge on any atom is 0.493 e. The Morgan fingerprint density at radius 3 is 2.07 bits per heavy atom. The molecular weight excluding hydrogens is 645 g/mol. The molecule has 1 fully saturated rings. The zero-order valence-electron chi connectivity index (χ0n) is 24.5. The van der Waals surface area contributed by atoms with E-state index >= 15 is 0 Å². The van der Waals surface area contributed by atoms with Crippen LogP contribution in [0.4, 0.5) is 24.0 Å². The minimum atomic E-state index is -5.53. The van der Waals surface area contributed by atoms with Gasteiger partial charge in [-0.3, -0.25) is 4.79 Å². The summed E-state index contributed by atoms with van der Waals surface area (Å²) in [6.45, 7) is 2.75. The highest BCUT2D eigenvalue weighted by Gasteiger charge is 2.46. The van der Waals surface area contributed by atoms with Gasteiger partial charge in [0.2, 0.25) is 0 Å². The number of sulfonamides is 1. The second kappa shape index (κ2) is 13.8. The van der Waals surface area contributed by atoms with Crippen LogP contribution in [0.15, 0.2) is 89.8 Å². The third-order valence-electron chi connectivity index (χ3n) is 7.15. The van der Waals surface area contributed by atoms with E-state index < -0.39 is 43.9 Å². The number of piperazine rings is 1. The lowest BCUT2D eigenvalue weighted by Crippen LogP contribution is -2.46. The largest absolute Gasteiger partial charge is 0.497 e. The minimum absolute atomic E-state index is 0.0725. The van der Waals surface area contributed by atoms with Crippen molar-refractivity contribution in [3.05, 3.63) is 89.8 Å². The lowest BCUT2D eigenvalue weighted by molar-refractivity contribution is -0.222. The highest BCUT2D eigenvalue weighted by molar-refractivity contribution is 7.89. The van der Waals surface area contributed by atoms with Crippen molar-refractivity contribution in [1.29, 1.82) is 0 Å². The first-order valence-electron chi connectivity index (χ1n) is 14.1. The van der Waals surface area contributed by atoms with Gasteiger partial charge >= 0.3 is 12.1 Å². The standard InChI is InChI=1S/C31H29F3N4O6S2/c1-43-24-14-12-23(13-15-24)36-18-20-37(21-19-36)30-35-28(22-8-4-2-5-9-22)26(45-30)16-17-27(39)38(44-29(40)31(32,33)34)46(41,42)25-10-6-3-7-11-25/h2-15H,16-21H2,1H3. The summed E-state index contributed by atoms with van der Waals surface area (Å²) < 4.78 is 70.2. The van der Waals surface area contributed by atoms with Crippen LogP contribution in [-0.2, 0) is 30.9 Å². The third kappa shape index (κ3) is 7.42. The Labute approximate surface area is 267 Å². The van der Waals surface area contributed by atoms with Crippen molar-refractivity contribution in [3.8, 4) is 17.0 Å². The van der Waals surface area contributed by atoms with E-state index in [4.69, 9.17) is 9.72 Å². The first-order chi connectivity index (χ1) is 22.0. The predicted octanol–water partition coefficient (Wildman–Crippen LogP) is 5.32. The summed E-state index contributed by atoms with van der Waals surface area (Å²) in [6, 6.07) is 23.2. The van der Waals surface area contributed by atoms with Gasteiger partial charge in [-0.05, 0) is 42.8 Å². The van der Waals surface area contributed by atoms with Crippen LogP contribution in [0, 0.1) is 0 Å². The van der Waals surface area contributed by atoms with E-state index in [1.165, 1.54) is 29.5 Å². The number of methoxy groups -OCH3 is 1. The first-order valence-corrected chi connectivity index (χ1v) is 16.3. The molecule has 0 atom stereocenters. The van der Waals surface area contributed by atoms with E-state index in [1.807, 2.05) is 54.6 Å². The average Bonchev–Trinajstić information content (AvgIpc) is 3.50. The summed E-state index contributed by atoms with van der Waals surface area (Å²) in [5.41, 5.74) is 2.38. The Bertz CT molecular complexity index is 1760. The molecule has 1 amide bonds. The Balaban J connectivity index is 1.36. The van der Waals surface area contributed by atoms with Gasteiger partial charge in [-0.1, -0.05) is 53.0 Å². The van der Waals surface area contributed by atoms with Gasteiger partial charge < -0.3 is 19.4 Å². The van der Waals surface area contributed by atoms with Crippen molar-refractivity contribution < 1.29 is 40.8 Å². The van der Waals surface area contributed by atoms with Crippen LogP contribution in [0.1, 0.15) is 11.3 Å². The third-order valence-corrected chi connectivity index (χ3v) is 9.91. The lowest BCUT2D eigenvalue weighted by atomic mass is 10.1. The van der Waals surface area contributed by atoms with Crippen LogP contribution in [0.25, 0.3) is 11.3 Å². The number of halogens is 3. The van der Waals surface area contributed by atoms with Gasteiger partial charge in [0.25, 0.3) is 15.9 Å². The highest BCUT2D eigenvalue weighted by atomic mass is 32.2. The summed E-state index contributed by atoms with van der Waals surface area (Å²) >= 11 is 1.31. The molecule has 1 aliphatic heterocycles. The van der Waals surface area contributed by atoms with Crippen molar-refractivity contribution in [1.82, 2.24) is 9.45 Å². The Morgan fingerprint density at radius 2 is 1.48 bits per heavy atom. The first kappa shape index (κ1) is 32.8. The number of hydrogen-bond donors (Lipinski definition) is 0. The number of aromatic nitrogens is 1. The number of aryl methyl sites for hydroxylation is 1. The molecule has 2 heterocycles. The molecule has 1 saturated heterocycles. The van der Waals surface area contributed by atoms with Gasteiger partial charge in [-0.25, -0.2) is 9.78 Å². The number of alkyl halides is 3. The SMILES string of the molecule is COc1ccc(N2CCN(c3nc(-c4ccccc4)c(CCC(=O)N(OC(=O)C(F)(F)F)S(=O)(=O)c4ccccc4)s3)CC2)cc1. The fourth-order valence-corrected chi connectivity index (χ4v) is 7.13. The quantitative estimate of drug-likeness (QED) is 0.218. The number of ether oxygens (including phenoxy) is 1. The Kier molecular flexibility index (Phi) is 9.82. The van der Waals surface area contributed by atoms with E-state index in [0.717, 1.165) is 42.2 Å². The van der Waals surface area contributed by atoms with E-state index in [-0.39, 0.29) is 6.42 Å². The van der Waals surface area contributed by atoms with E-state index in [1.54, 1.807) is 7.11 Å². The molecule has 0 N–H and O–H groups in total. The average molecular weight is 675 g/mol. The zero-order valence-corrected chi connectivity index (χ0v) is 26.1. The number of hydrogen-bond acceptors (Lipinski definition) is 10. The van der Waals surface area contributed by atoms with E-state index in [2.05, 4.69) is 14.6 Å². The maximum absolute atomic E-state index is 13.2. The summed E-state index contributed by atoms with van der Waals surface area (Å²) in [4.78, 5) is 38.4. The molecule has 5 rings (SSSR count). The van der Waals surface area contributed by atoms with Crippen LogP contribution in [0.5, 0.6) is 5.75 Å². The molecule has 1 aliphatic rings. The highest BCUT2D eigenvalue weighted by Crippen LogP contribution is 2.35. The van der Waals surface area contributed by atoms with Gasteiger partial charge in [0.1, 0.15) is 5.75 Å². The van der Waals surface area contributed by atoms with Crippen LogP contribution in [-0.4, -0.2) is 69.2 Å². The van der Waals surface area contributed by atoms with Crippen LogP contribution >= 0.6 is 11.3 Å². The van der Waals surface area contributed by atoms with Crippen LogP contribution < -0.4 is 14.5 Å². The second-order valence-electron chi connectivity index (χ2n) is 10.1. The summed E-state index contributed by atoms with van der Waals surface area (Å²) in [6.07, 6.45) is -6.18. The smallest absolute Gasteiger partial charge is 0.493 e. The molecule has 4 aromatic rings. The van der Waals surface area contributed by atoms with Gasteiger partial charge in [0.15, 0.2) is 5.13 Å². The maximum atomic E-state index is 13.2. The summed E-state index contributed by atoms with van der Waals surface area (Å²) in [5, 5.41) is 0.688. The zero-order chi connectivity index (χ0) is 32.9. The second-order valence-corrected chi connectivity index (χ2v) is 12.9. The van der Waals surface area contributed by atoms with Gasteiger partial charge in [-0.2, -0.15) is 21.6 Å². The molecule has 46 heavy (non-hydrogen) atoms. The predicted molar refractivity (Wildman–Crippen MR) is 166 cm³/mol. The minimum Gasteiger partial charge on any atom is -0.497 e. The molecule has 0 unspecified atom stereocenters. The fraction of sp³-hybridized carbons (Fsp3) is 0.258. The number of anilines is 2. The summed E-state index contributed by atoms with van der Waals surface area (Å²) in [5.74, 6) is -3.41. The fourth-order valence-electron chi connectivity index (χ4n) is 4.78.